The van der Waals surface area contributed by atoms with Crippen LogP contribution in [0.4, 0.5) is 5.69 Å². The molecule has 1 unspecified atom stereocenters. The van der Waals surface area contributed by atoms with Crippen LogP contribution in [0.3, 0.4) is 0 Å². The molecule has 1 aromatic carbocycles. The Bertz CT molecular complexity index is 826. The monoisotopic (exact) mass is 348 g/mol. The predicted molar refractivity (Wildman–Crippen MR) is 108 cm³/mol. The van der Waals surface area contributed by atoms with Crippen LogP contribution in [-0.4, -0.2) is 41.5 Å². The van der Waals surface area contributed by atoms with Gasteiger partial charge in [-0.1, -0.05) is 30.3 Å². The molecule has 136 valence electrons. The number of hydrogen-bond acceptors (Lipinski definition) is 3. The average Bonchev–Trinajstić information content (AvgIpc) is 3.16. The summed E-state index contributed by atoms with van der Waals surface area (Å²) < 4.78 is 0. The molecule has 1 aliphatic heterocycles. The highest BCUT2D eigenvalue weighted by Crippen LogP contribution is 2.26. The normalized spacial score (nSPS) is 18.3. The molecule has 0 bridgehead atoms. The molecule has 0 amide bonds. The van der Waals surface area contributed by atoms with Gasteiger partial charge in [0.05, 0.1) is 0 Å². The zero-order chi connectivity index (χ0) is 17.8. The van der Waals surface area contributed by atoms with Gasteiger partial charge in [-0.25, -0.2) is 4.98 Å². The Labute approximate surface area is 155 Å². The van der Waals surface area contributed by atoms with E-state index in [0.29, 0.717) is 0 Å². The van der Waals surface area contributed by atoms with Gasteiger partial charge in [0.25, 0.3) is 0 Å². The van der Waals surface area contributed by atoms with Crippen LogP contribution in [-0.2, 0) is 6.54 Å². The van der Waals surface area contributed by atoms with Gasteiger partial charge in [0, 0.05) is 50.1 Å². The maximum atomic E-state index is 4.40. The number of nitrogens with one attached hydrogen (secondary N) is 1. The highest BCUT2D eigenvalue weighted by Gasteiger charge is 2.20. The van der Waals surface area contributed by atoms with E-state index in [1.54, 1.807) is 0 Å². The summed E-state index contributed by atoms with van der Waals surface area (Å²) in [4.78, 5) is 12.6. The summed E-state index contributed by atoms with van der Waals surface area (Å²) in [6, 6.07) is 15.1. The molecular formula is C22H28N4. The van der Waals surface area contributed by atoms with Crippen LogP contribution in [0.2, 0.25) is 0 Å². The molecule has 4 rings (SSSR count). The van der Waals surface area contributed by atoms with Crippen LogP contribution in [0, 0.1) is 5.92 Å². The van der Waals surface area contributed by atoms with Crippen molar-refractivity contribution in [1.29, 1.82) is 0 Å². The summed E-state index contributed by atoms with van der Waals surface area (Å²) in [7, 11) is 2.20. The molecule has 1 saturated heterocycles. The Kier molecular flexibility index (Phi) is 5.21. The number of rotatable bonds is 6. The molecule has 0 spiro atoms. The molecule has 1 fully saturated rings. The molecule has 3 heterocycles. The second-order valence-corrected chi connectivity index (χ2v) is 7.51. The third kappa shape index (κ3) is 3.91. The van der Waals surface area contributed by atoms with Crippen LogP contribution < -0.4 is 4.90 Å². The number of likely N-dealkylation sites (tertiary alicyclic amines) is 1. The van der Waals surface area contributed by atoms with Gasteiger partial charge in [-0.3, -0.25) is 4.90 Å². The van der Waals surface area contributed by atoms with Crippen LogP contribution >= 0.6 is 0 Å². The fourth-order valence-corrected chi connectivity index (χ4v) is 4.15. The summed E-state index contributed by atoms with van der Waals surface area (Å²) >= 11 is 0. The first-order valence-corrected chi connectivity index (χ1v) is 9.69. The number of benzene rings is 1. The number of aromatic amines is 1. The first-order valence-electron chi connectivity index (χ1n) is 9.69. The zero-order valence-electron chi connectivity index (χ0n) is 15.6. The van der Waals surface area contributed by atoms with Crippen molar-refractivity contribution in [3.63, 3.8) is 0 Å². The first kappa shape index (κ1) is 17.1. The van der Waals surface area contributed by atoms with Gasteiger partial charge in [0.15, 0.2) is 0 Å². The van der Waals surface area contributed by atoms with Crippen molar-refractivity contribution in [1.82, 2.24) is 14.9 Å². The summed E-state index contributed by atoms with van der Waals surface area (Å²) in [5, 5.41) is 1.21. The molecule has 2 aromatic heterocycles. The van der Waals surface area contributed by atoms with Crippen LogP contribution in [0.15, 0.2) is 54.9 Å². The fraction of sp³-hybridized carbons (Fsp3) is 0.409. The Morgan fingerprint density at radius 3 is 2.96 bits per heavy atom. The van der Waals surface area contributed by atoms with Crippen molar-refractivity contribution >= 4 is 16.7 Å². The summed E-state index contributed by atoms with van der Waals surface area (Å²) in [5.74, 6) is 0.790. The lowest BCUT2D eigenvalue weighted by atomic mass is 9.94. The molecule has 1 atom stereocenters. The van der Waals surface area contributed by atoms with Gasteiger partial charge >= 0.3 is 0 Å². The minimum atomic E-state index is 0.790. The number of nitrogens with zero attached hydrogens (tertiary/aromatic N) is 3. The summed E-state index contributed by atoms with van der Waals surface area (Å²) in [5.41, 5.74) is 3.67. The third-order valence-corrected chi connectivity index (χ3v) is 5.57. The molecule has 1 aliphatic rings. The lowest BCUT2D eigenvalue weighted by Gasteiger charge is -2.34. The molecule has 1 N–H and O–H groups in total. The second kappa shape index (κ2) is 7.92. The SMILES string of the molecule is CN(CCC1CCCN(Cc2ccccc2)C1)c1ccnc2[nH]ccc12. The first-order chi connectivity index (χ1) is 12.8. The Morgan fingerprint density at radius 1 is 1.19 bits per heavy atom. The number of hydrogen-bond donors (Lipinski definition) is 1. The Morgan fingerprint density at radius 2 is 2.08 bits per heavy atom. The van der Waals surface area contributed by atoms with Crippen molar-refractivity contribution in [3.05, 3.63) is 60.4 Å². The molecule has 0 aliphatic carbocycles. The number of anilines is 1. The maximum Gasteiger partial charge on any atom is 0.139 e. The largest absolute Gasteiger partial charge is 0.374 e. The van der Waals surface area contributed by atoms with Gasteiger partial charge in [-0.05, 0) is 49.4 Å². The van der Waals surface area contributed by atoms with Gasteiger partial charge in [0.2, 0.25) is 0 Å². The fourth-order valence-electron chi connectivity index (χ4n) is 4.15. The molecule has 0 saturated carbocycles. The maximum absolute atomic E-state index is 4.40. The van der Waals surface area contributed by atoms with E-state index in [9.17, 15) is 0 Å². The van der Waals surface area contributed by atoms with Crippen LogP contribution in [0.5, 0.6) is 0 Å². The Balaban J connectivity index is 1.33. The Hall–Kier alpha value is -2.33. The number of piperidine rings is 1. The van der Waals surface area contributed by atoms with Crippen molar-refractivity contribution in [2.75, 3.05) is 31.6 Å². The van der Waals surface area contributed by atoms with Gasteiger partial charge < -0.3 is 9.88 Å². The van der Waals surface area contributed by atoms with E-state index in [2.05, 4.69) is 69.3 Å². The molecule has 4 heteroatoms. The van der Waals surface area contributed by atoms with E-state index in [1.807, 2.05) is 12.4 Å². The second-order valence-electron chi connectivity index (χ2n) is 7.51. The van der Waals surface area contributed by atoms with Crippen LogP contribution in [0.25, 0.3) is 11.0 Å². The number of aromatic nitrogens is 2. The van der Waals surface area contributed by atoms with Gasteiger partial charge in [-0.15, -0.1) is 0 Å². The topological polar surface area (TPSA) is 35.2 Å². The van der Waals surface area contributed by atoms with Crippen LogP contribution in [0.1, 0.15) is 24.8 Å². The standard InChI is InChI=1S/C22H28N4/c1-25(21-10-13-24-22-20(21)9-12-23-22)15-11-19-8-5-14-26(17-19)16-18-6-3-2-4-7-18/h2-4,6-7,9-10,12-13,19H,5,8,11,14-17H2,1H3,(H,23,24). The molecule has 3 aromatic rings. The predicted octanol–water partition coefficient (Wildman–Crippen LogP) is 4.30. The lowest BCUT2D eigenvalue weighted by Crippen LogP contribution is -2.36. The molecule has 26 heavy (non-hydrogen) atoms. The summed E-state index contributed by atoms with van der Waals surface area (Å²) in [6.07, 6.45) is 7.79. The van der Waals surface area contributed by atoms with E-state index in [1.165, 1.54) is 49.0 Å². The highest BCUT2D eigenvalue weighted by molar-refractivity contribution is 5.89. The van der Waals surface area contributed by atoms with E-state index in [0.717, 1.165) is 24.7 Å². The van der Waals surface area contributed by atoms with E-state index < -0.39 is 0 Å². The summed E-state index contributed by atoms with van der Waals surface area (Å²) in [6.45, 7) is 4.63. The number of H-pyrrole nitrogens is 1. The zero-order valence-corrected chi connectivity index (χ0v) is 15.6. The average molecular weight is 348 g/mol. The van der Waals surface area contributed by atoms with Crippen molar-refractivity contribution < 1.29 is 0 Å². The van der Waals surface area contributed by atoms with E-state index >= 15 is 0 Å². The molecular weight excluding hydrogens is 320 g/mol. The van der Waals surface area contributed by atoms with E-state index in [-0.39, 0.29) is 0 Å². The van der Waals surface area contributed by atoms with E-state index in [4.69, 9.17) is 0 Å². The quantitative estimate of drug-likeness (QED) is 0.721. The highest BCUT2D eigenvalue weighted by atomic mass is 15.1. The van der Waals surface area contributed by atoms with Crippen molar-refractivity contribution in [3.8, 4) is 0 Å². The molecule has 0 radical (unpaired) electrons. The van der Waals surface area contributed by atoms with Gasteiger partial charge in [-0.2, -0.15) is 0 Å². The smallest absolute Gasteiger partial charge is 0.139 e. The minimum Gasteiger partial charge on any atom is -0.374 e. The third-order valence-electron chi connectivity index (χ3n) is 5.57. The molecule has 4 nitrogen and oxygen atoms in total. The van der Waals surface area contributed by atoms with Gasteiger partial charge in [0.1, 0.15) is 5.65 Å². The minimum absolute atomic E-state index is 0.790. The number of pyridine rings is 1. The number of fused-ring (bicyclic) bond motifs is 1. The van der Waals surface area contributed by atoms with Crippen molar-refractivity contribution in [2.24, 2.45) is 5.92 Å². The van der Waals surface area contributed by atoms with Crippen molar-refractivity contribution in [2.45, 2.75) is 25.8 Å². The lowest BCUT2D eigenvalue weighted by molar-refractivity contribution is 0.163.